The van der Waals surface area contributed by atoms with Crippen molar-refractivity contribution >= 4 is 73.5 Å². The van der Waals surface area contributed by atoms with Gasteiger partial charge in [-0.25, -0.2) is 0 Å². The van der Waals surface area contributed by atoms with E-state index in [1.54, 1.807) is 0 Å². The first-order valence-electron chi connectivity index (χ1n) is 16.6. The maximum Gasteiger partial charge on any atom is 0.317 e. The Morgan fingerprint density at radius 3 is 1.41 bits per heavy atom. The third-order valence-electron chi connectivity index (χ3n) is 8.10. The van der Waals surface area contributed by atoms with Crippen molar-refractivity contribution in [3.63, 3.8) is 0 Å². The number of rotatable bonds is 12. The quantitative estimate of drug-likeness (QED) is 0.232. The van der Waals surface area contributed by atoms with E-state index in [0.717, 1.165) is 36.4 Å². The van der Waals surface area contributed by atoms with Crippen LogP contribution in [0.25, 0.3) is 0 Å². The molecule has 18 heteroatoms. The minimum Gasteiger partial charge on any atom is -0.494 e. The first-order chi connectivity index (χ1) is 21.8. The molecule has 0 aromatic heterocycles. The Morgan fingerprint density at radius 1 is 0.565 bits per heavy atom. The van der Waals surface area contributed by atoms with Gasteiger partial charge in [0.25, 0.3) is 55.7 Å². The molecule has 10 nitrogen and oxygen atoms in total. The van der Waals surface area contributed by atoms with Crippen LogP contribution in [0.4, 0.5) is 0 Å². The molecule has 46 heavy (non-hydrogen) atoms. The number of hydrogen-bond donors (Lipinski definition) is 0. The highest BCUT2D eigenvalue weighted by atomic mass is 28.5. The predicted molar refractivity (Wildman–Crippen MR) is 200 cm³/mol. The number of benzene rings is 2. The lowest BCUT2D eigenvalue weighted by Gasteiger charge is -2.37. The Kier molecular flexibility index (Phi) is 14.9. The van der Waals surface area contributed by atoms with Crippen LogP contribution in [0.1, 0.15) is 37.8 Å². The van der Waals surface area contributed by atoms with E-state index in [-0.39, 0.29) is 5.41 Å². The van der Waals surface area contributed by atoms with E-state index in [9.17, 15) is 0 Å². The van der Waals surface area contributed by atoms with E-state index in [4.69, 9.17) is 42.4 Å². The van der Waals surface area contributed by atoms with Gasteiger partial charge in [0.15, 0.2) is 0 Å². The molecule has 0 N–H and O–H groups in total. The van der Waals surface area contributed by atoms with E-state index >= 15 is 0 Å². The van der Waals surface area contributed by atoms with Crippen molar-refractivity contribution in [1.82, 2.24) is 0 Å². The monoisotopic (exact) mass is 774 g/mol. The summed E-state index contributed by atoms with van der Waals surface area (Å²) in [4.78, 5) is 0. The minimum absolute atomic E-state index is 0.167. The van der Waals surface area contributed by atoms with Crippen LogP contribution in [-0.2, 0) is 38.3 Å². The van der Waals surface area contributed by atoms with Gasteiger partial charge in [-0.15, -0.1) is 0 Å². The summed E-state index contributed by atoms with van der Waals surface area (Å²) in [5.74, 6) is 1.74. The lowest BCUT2D eigenvalue weighted by molar-refractivity contribution is 0.266. The Balaban J connectivity index is 1.21. The second kappa shape index (κ2) is 17.9. The van der Waals surface area contributed by atoms with Gasteiger partial charge in [0.2, 0.25) is 0 Å². The largest absolute Gasteiger partial charge is 0.494 e. The van der Waals surface area contributed by atoms with Gasteiger partial charge in [0, 0.05) is 5.41 Å². The molecule has 0 bridgehead atoms. The minimum atomic E-state index is -2.32. The topological polar surface area (TPSA) is 92.3 Å². The molecule has 2 aliphatic heterocycles. The maximum absolute atomic E-state index is 6.39. The highest BCUT2D eigenvalue weighted by Gasteiger charge is 2.39. The summed E-state index contributed by atoms with van der Waals surface area (Å²) in [5.41, 5.74) is 2.29. The van der Waals surface area contributed by atoms with Crippen LogP contribution < -0.4 is 9.47 Å². The third kappa shape index (κ3) is 12.1. The van der Waals surface area contributed by atoms with Crippen LogP contribution in [0.2, 0.25) is 57.9 Å². The van der Waals surface area contributed by atoms with Gasteiger partial charge in [0.1, 0.15) is 11.5 Å². The average molecular weight is 775 g/mol. The molecule has 2 aromatic carbocycles. The molecule has 2 aromatic rings. The van der Waals surface area contributed by atoms with Gasteiger partial charge in [0.05, 0.1) is 13.2 Å². The molecule has 4 atom stereocenters. The number of hydrogen-bond acceptors (Lipinski definition) is 10. The molecule has 2 heterocycles. The van der Waals surface area contributed by atoms with E-state index < -0.39 is 73.5 Å². The van der Waals surface area contributed by atoms with Crippen LogP contribution in [0.5, 0.6) is 11.5 Å². The Morgan fingerprint density at radius 2 is 0.957 bits per heavy atom. The van der Waals surface area contributed by atoms with Crippen molar-refractivity contribution in [3.05, 3.63) is 59.7 Å². The zero-order valence-corrected chi connectivity index (χ0v) is 38.1. The van der Waals surface area contributed by atoms with Crippen LogP contribution >= 0.6 is 0 Å². The SMILES string of the molecule is C[SiH]1O[SiH](C)O[SiH](CCCOc2ccc(C(C)(C)c3ccc(OCCC[Si]4(C)O[SiH](C)O[SiH](C)O[SiH](C)O4)cc3)cc2)O[SiH](C)O1. The first kappa shape index (κ1) is 38.3. The Bertz CT molecular complexity index is 1170. The summed E-state index contributed by atoms with van der Waals surface area (Å²) in [6.45, 7) is 20.3. The molecule has 0 saturated carbocycles. The van der Waals surface area contributed by atoms with Gasteiger partial charge in [-0.3, -0.25) is 0 Å². The van der Waals surface area contributed by atoms with E-state index in [1.165, 1.54) is 11.1 Å². The Labute approximate surface area is 289 Å². The van der Waals surface area contributed by atoms with E-state index in [2.05, 4.69) is 108 Å². The van der Waals surface area contributed by atoms with Gasteiger partial charge in [-0.05, 0) is 106 Å². The molecule has 2 fully saturated rings. The third-order valence-corrected chi connectivity index (χ3v) is 34.6. The smallest absolute Gasteiger partial charge is 0.317 e. The van der Waals surface area contributed by atoms with Crippen LogP contribution in [-0.4, -0.2) is 86.8 Å². The van der Waals surface area contributed by atoms with Crippen LogP contribution in [0.3, 0.4) is 0 Å². The second-order valence-electron chi connectivity index (χ2n) is 12.6. The van der Waals surface area contributed by atoms with E-state index in [1.807, 2.05) is 0 Å². The van der Waals surface area contributed by atoms with E-state index in [0.29, 0.717) is 13.2 Å². The van der Waals surface area contributed by atoms with Crippen molar-refractivity contribution in [1.29, 1.82) is 0 Å². The standard InChI is InChI=1S/C28H54O10Si8/c1-28(2,24-12-16-26(17-13-24)29-20-10-22-45-35-41(5)31-39(3)32-42(6)36-45)25-14-18-27(19-15-25)30-21-11-23-46(9)37-43(7)33-40(4)34-44(8)38-46/h12-19,39-45H,10-11,20-23H2,1-9H3. The molecule has 258 valence electrons. The van der Waals surface area contributed by atoms with Gasteiger partial charge in [-0.1, -0.05) is 38.1 Å². The molecule has 0 amide bonds. The molecule has 4 rings (SSSR count). The summed E-state index contributed by atoms with van der Waals surface area (Å²) < 4.78 is 61.4. The molecule has 2 aliphatic rings. The van der Waals surface area contributed by atoms with Crippen LogP contribution in [0.15, 0.2) is 48.5 Å². The second-order valence-corrected chi connectivity index (χ2v) is 32.1. The molecule has 0 radical (unpaired) electrons. The van der Waals surface area contributed by atoms with Crippen molar-refractivity contribution in [3.8, 4) is 11.5 Å². The highest BCUT2D eigenvalue weighted by Crippen LogP contribution is 2.33. The summed E-state index contributed by atoms with van der Waals surface area (Å²) >= 11 is 0. The van der Waals surface area contributed by atoms with Gasteiger partial charge >= 0.3 is 17.8 Å². The predicted octanol–water partition coefficient (Wildman–Crippen LogP) is 4.10. The van der Waals surface area contributed by atoms with Crippen molar-refractivity contribution < 1.29 is 42.4 Å². The normalized spacial score (nSPS) is 31.3. The summed E-state index contributed by atoms with van der Waals surface area (Å²) in [6, 6.07) is 18.7. The molecule has 0 aliphatic carbocycles. The molecular formula is C28H54O10Si8. The lowest BCUT2D eigenvalue weighted by atomic mass is 9.78. The molecular weight excluding hydrogens is 721 g/mol. The fourth-order valence-corrected chi connectivity index (χ4v) is 33.2. The maximum atomic E-state index is 6.39. The lowest BCUT2D eigenvalue weighted by Crippen LogP contribution is -2.53. The molecule has 4 unspecified atom stereocenters. The fourth-order valence-electron chi connectivity index (χ4n) is 5.83. The van der Waals surface area contributed by atoms with Gasteiger partial charge < -0.3 is 42.4 Å². The average Bonchev–Trinajstić information content (AvgIpc) is 2.96. The molecule has 2 saturated heterocycles. The highest BCUT2D eigenvalue weighted by molar-refractivity contribution is 6.81. The fraction of sp³-hybridized carbons (Fsp3) is 0.571. The van der Waals surface area contributed by atoms with Gasteiger partial charge in [-0.2, -0.15) is 0 Å². The van der Waals surface area contributed by atoms with Crippen molar-refractivity contribution in [2.24, 2.45) is 0 Å². The van der Waals surface area contributed by atoms with Crippen LogP contribution in [0, 0.1) is 0 Å². The van der Waals surface area contributed by atoms with Crippen molar-refractivity contribution in [2.75, 3.05) is 13.2 Å². The summed E-state index contributed by atoms with van der Waals surface area (Å²) in [6.07, 6.45) is 1.76. The zero-order valence-electron chi connectivity index (χ0n) is 29.0. The number of ether oxygens (including phenoxy) is 2. The molecule has 0 spiro atoms. The summed E-state index contributed by atoms with van der Waals surface area (Å²) in [7, 11) is -14.1. The van der Waals surface area contributed by atoms with Crippen molar-refractivity contribution in [2.45, 2.75) is 90.0 Å². The first-order valence-corrected chi connectivity index (χ1v) is 33.4. The zero-order chi connectivity index (χ0) is 33.3. The summed E-state index contributed by atoms with van der Waals surface area (Å²) in [5, 5.41) is 0. The Hall–Kier alpha value is -0.545.